The van der Waals surface area contributed by atoms with Crippen molar-refractivity contribution >= 4 is 6.03 Å². The van der Waals surface area contributed by atoms with Gasteiger partial charge in [0.2, 0.25) is 0 Å². The lowest BCUT2D eigenvalue weighted by Crippen LogP contribution is -2.68. The van der Waals surface area contributed by atoms with E-state index in [2.05, 4.69) is 32.2 Å². The smallest absolute Gasteiger partial charge is 0.317 e. The molecule has 0 bridgehead atoms. The third-order valence-corrected chi connectivity index (χ3v) is 6.07. The largest absolute Gasteiger partial charge is 0.496 e. The van der Waals surface area contributed by atoms with Gasteiger partial charge in [-0.25, -0.2) is 4.79 Å². The van der Waals surface area contributed by atoms with Gasteiger partial charge in [-0.3, -0.25) is 0 Å². The van der Waals surface area contributed by atoms with Crippen LogP contribution in [0.2, 0.25) is 0 Å². The summed E-state index contributed by atoms with van der Waals surface area (Å²) in [4.78, 5) is 14.5. The van der Waals surface area contributed by atoms with Crippen LogP contribution in [0.25, 0.3) is 0 Å². The topological polar surface area (TPSA) is 50.8 Å². The molecule has 1 heterocycles. The zero-order chi connectivity index (χ0) is 18.2. The molecule has 2 aliphatic rings. The molecule has 4 atom stereocenters. The number of hydrogen-bond donors (Lipinski definition) is 1. The number of carbonyl (C=O) groups excluding carboxylic acids is 1. The molecule has 1 N–H and O–H groups in total. The van der Waals surface area contributed by atoms with Crippen LogP contribution in [-0.2, 0) is 11.2 Å². The summed E-state index contributed by atoms with van der Waals surface area (Å²) in [5.74, 6) is 1.33. The first-order valence-electron chi connectivity index (χ1n) is 9.13. The molecule has 0 spiro atoms. The van der Waals surface area contributed by atoms with E-state index < -0.39 is 0 Å². The fourth-order valence-electron chi connectivity index (χ4n) is 4.38. The number of para-hydroxylation sites is 1. The maximum atomic E-state index is 12.8. The Morgan fingerprint density at radius 2 is 2.16 bits per heavy atom. The zero-order valence-electron chi connectivity index (χ0n) is 15.9. The molecule has 2 fully saturated rings. The number of methoxy groups -OCH3 is 1. The lowest BCUT2D eigenvalue weighted by molar-refractivity contribution is -0.109. The maximum absolute atomic E-state index is 12.8. The minimum Gasteiger partial charge on any atom is -0.496 e. The zero-order valence-corrected chi connectivity index (χ0v) is 15.9. The molecule has 0 aromatic heterocycles. The summed E-state index contributed by atoms with van der Waals surface area (Å²) in [5, 5.41) is 3.25. The fourth-order valence-corrected chi connectivity index (χ4v) is 4.38. The third-order valence-electron chi connectivity index (χ3n) is 6.07. The minimum absolute atomic E-state index is 0.00353. The second-order valence-corrected chi connectivity index (χ2v) is 7.97. The molecule has 1 aliphatic heterocycles. The minimum atomic E-state index is -0.00850. The number of likely N-dealkylation sites (N-methyl/N-ethyl adjacent to an activating group) is 1. The summed E-state index contributed by atoms with van der Waals surface area (Å²) in [5.41, 5.74) is 1.12. The van der Waals surface area contributed by atoms with Crippen molar-refractivity contribution in [2.45, 2.75) is 51.8 Å². The third kappa shape index (κ3) is 3.22. The van der Waals surface area contributed by atoms with E-state index in [0.717, 1.165) is 30.8 Å². The van der Waals surface area contributed by atoms with Crippen molar-refractivity contribution in [3.8, 4) is 5.75 Å². The van der Waals surface area contributed by atoms with Gasteiger partial charge in [0, 0.05) is 37.1 Å². The van der Waals surface area contributed by atoms with Gasteiger partial charge >= 0.3 is 6.03 Å². The number of rotatable bonds is 5. The van der Waals surface area contributed by atoms with Gasteiger partial charge in [0.1, 0.15) is 5.75 Å². The molecule has 1 saturated heterocycles. The number of benzene rings is 1. The molecule has 25 heavy (non-hydrogen) atoms. The second-order valence-electron chi connectivity index (χ2n) is 7.97. The van der Waals surface area contributed by atoms with Crippen molar-refractivity contribution in [2.75, 3.05) is 20.8 Å². The van der Waals surface area contributed by atoms with Crippen LogP contribution < -0.4 is 10.1 Å². The number of amides is 2. The SMILES string of the molecule is COc1ccccc1C[C@H](C)N(C)C(=O)N[C@@H]1[C@@H]2CCO[C@@H]2C1(C)C. The predicted molar refractivity (Wildman–Crippen MR) is 97.9 cm³/mol. The Hall–Kier alpha value is -1.75. The second kappa shape index (κ2) is 6.87. The number of nitrogens with zero attached hydrogens (tertiary/aromatic N) is 1. The molecule has 138 valence electrons. The summed E-state index contributed by atoms with van der Waals surface area (Å²) in [6.45, 7) is 7.25. The Balaban J connectivity index is 1.60. The number of nitrogens with one attached hydrogen (secondary N) is 1. The molecule has 5 nitrogen and oxygen atoms in total. The standard InChI is InChI=1S/C20H30N2O3/c1-13(12-14-8-6-7-9-16(14)24-5)22(4)19(23)21-17-15-10-11-25-18(15)20(17,2)3/h6-9,13,15,17-18H,10-12H2,1-5H3,(H,21,23)/t13-,15-,17+,18-/m0/s1. The number of carbonyl (C=O) groups is 1. The highest BCUT2D eigenvalue weighted by Gasteiger charge is 2.59. The number of urea groups is 1. The van der Waals surface area contributed by atoms with Crippen molar-refractivity contribution in [3.05, 3.63) is 29.8 Å². The van der Waals surface area contributed by atoms with Crippen molar-refractivity contribution in [1.29, 1.82) is 0 Å². The highest BCUT2D eigenvalue weighted by molar-refractivity contribution is 5.75. The normalized spacial score (nSPS) is 27.8. The molecule has 1 aliphatic carbocycles. The van der Waals surface area contributed by atoms with Crippen LogP contribution in [0, 0.1) is 11.3 Å². The first-order valence-corrected chi connectivity index (χ1v) is 9.13. The fraction of sp³-hybridized carbons (Fsp3) is 0.650. The molecular formula is C20H30N2O3. The van der Waals surface area contributed by atoms with E-state index in [9.17, 15) is 4.79 Å². The van der Waals surface area contributed by atoms with E-state index in [1.54, 1.807) is 12.0 Å². The van der Waals surface area contributed by atoms with Crippen LogP contribution in [0.4, 0.5) is 4.79 Å². The molecule has 1 aromatic carbocycles. The Morgan fingerprint density at radius 3 is 2.88 bits per heavy atom. The van der Waals surface area contributed by atoms with Gasteiger partial charge in [-0.15, -0.1) is 0 Å². The monoisotopic (exact) mass is 346 g/mol. The summed E-state index contributed by atoms with van der Waals surface area (Å²) in [6.07, 6.45) is 2.09. The molecular weight excluding hydrogens is 316 g/mol. The van der Waals surface area contributed by atoms with Gasteiger partial charge in [0.15, 0.2) is 0 Å². The van der Waals surface area contributed by atoms with Crippen molar-refractivity contribution in [3.63, 3.8) is 0 Å². The Morgan fingerprint density at radius 1 is 1.44 bits per heavy atom. The summed E-state index contributed by atoms with van der Waals surface area (Å²) < 4.78 is 11.2. The number of fused-ring (bicyclic) bond motifs is 1. The summed E-state index contributed by atoms with van der Waals surface area (Å²) in [7, 11) is 3.54. The average molecular weight is 346 g/mol. The van der Waals surface area contributed by atoms with Gasteiger partial charge in [0.25, 0.3) is 0 Å². The molecule has 1 saturated carbocycles. The van der Waals surface area contributed by atoms with Crippen molar-refractivity contribution in [2.24, 2.45) is 11.3 Å². The highest BCUT2D eigenvalue weighted by atomic mass is 16.5. The first-order chi connectivity index (χ1) is 11.9. The van der Waals surface area contributed by atoms with Crippen LogP contribution in [0.5, 0.6) is 5.75 Å². The number of ether oxygens (including phenoxy) is 2. The molecule has 5 heteroatoms. The van der Waals surface area contributed by atoms with E-state index in [1.165, 1.54) is 0 Å². The van der Waals surface area contributed by atoms with E-state index in [0.29, 0.717) is 5.92 Å². The van der Waals surface area contributed by atoms with Crippen LogP contribution in [0.3, 0.4) is 0 Å². The Labute approximate surface area is 150 Å². The van der Waals surface area contributed by atoms with Crippen LogP contribution in [-0.4, -0.2) is 49.9 Å². The molecule has 0 unspecified atom stereocenters. The lowest BCUT2D eigenvalue weighted by Gasteiger charge is -2.54. The van der Waals surface area contributed by atoms with E-state index in [4.69, 9.17) is 9.47 Å². The van der Waals surface area contributed by atoms with Crippen molar-refractivity contribution in [1.82, 2.24) is 10.2 Å². The highest BCUT2D eigenvalue weighted by Crippen LogP contribution is 2.52. The van der Waals surface area contributed by atoms with Crippen LogP contribution in [0.1, 0.15) is 32.8 Å². The first kappa shape index (κ1) is 18.1. The maximum Gasteiger partial charge on any atom is 0.317 e. The van der Waals surface area contributed by atoms with Crippen LogP contribution >= 0.6 is 0 Å². The average Bonchev–Trinajstić information content (AvgIpc) is 3.06. The Bertz CT molecular complexity index is 631. The van der Waals surface area contributed by atoms with E-state index >= 15 is 0 Å². The lowest BCUT2D eigenvalue weighted by atomic mass is 9.57. The molecule has 2 amide bonds. The quantitative estimate of drug-likeness (QED) is 0.891. The van der Waals surface area contributed by atoms with Crippen molar-refractivity contribution < 1.29 is 14.3 Å². The van der Waals surface area contributed by atoms with Gasteiger partial charge in [-0.2, -0.15) is 0 Å². The molecule has 0 radical (unpaired) electrons. The van der Waals surface area contributed by atoms with Gasteiger partial charge in [0.05, 0.1) is 13.2 Å². The summed E-state index contributed by atoms with van der Waals surface area (Å²) >= 11 is 0. The van der Waals surface area contributed by atoms with Gasteiger partial charge in [-0.1, -0.05) is 32.0 Å². The van der Waals surface area contributed by atoms with Gasteiger partial charge < -0.3 is 19.7 Å². The predicted octanol–water partition coefficient (Wildman–Crippen LogP) is 3.08. The van der Waals surface area contributed by atoms with E-state index in [1.807, 2.05) is 25.2 Å². The Kier molecular flexibility index (Phi) is 4.96. The number of hydrogen-bond acceptors (Lipinski definition) is 3. The molecule has 3 rings (SSSR count). The summed E-state index contributed by atoms with van der Waals surface area (Å²) in [6, 6.07) is 8.23. The van der Waals surface area contributed by atoms with E-state index in [-0.39, 0.29) is 29.6 Å². The molecule has 1 aromatic rings. The van der Waals surface area contributed by atoms with Crippen LogP contribution in [0.15, 0.2) is 24.3 Å². The van der Waals surface area contributed by atoms with Gasteiger partial charge in [-0.05, 0) is 31.4 Å².